The molecule has 2 N–H and O–H groups in total. The van der Waals surface area contributed by atoms with E-state index in [2.05, 4.69) is 26.8 Å². The third-order valence-electron chi connectivity index (χ3n) is 1.97. The summed E-state index contributed by atoms with van der Waals surface area (Å²) >= 11 is 3.48. The number of nitrogens with two attached hydrogens (primary N) is 1. The fourth-order valence-electron chi connectivity index (χ4n) is 1.31. The lowest BCUT2D eigenvalue weighted by Gasteiger charge is -2.10. The van der Waals surface area contributed by atoms with E-state index in [0.717, 1.165) is 27.8 Å². The number of hydrogen-bond donors (Lipinski definition) is 1. The summed E-state index contributed by atoms with van der Waals surface area (Å²) in [7, 11) is 1.66. The maximum atomic E-state index is 5.23. The molecule has 0 aliphatic carbocycles. The topological polar surface area (TPSA) is 44.5 Å². The van der Waals surface area contributed by atoms with Crippen LogP contribution < -0.4 is 10.6 Å². The maximum absolute atomic E-state index is 5.23. The average molecular weight is 260 g/mol. The Morgan fingerprint density at radius 2 is 2.14 bits per heavy atom. The Morgan fingerprint density at radius 3 is 2.71 bits per heavy atom. The van der Waals surface area contributed by atoms with Crippen LogP contribution in [0.5, 0.6) is 5.75 Å². The van der Waals surface area contributed by atoms with E-state index in [4.69, 9.17) is 10.6 Å². The average Bonchev–Trinajstić information content (AvgIpc) is 2.18. The summed E-state index contributed by atoms with van der Waals surface area (Å²) in [6.45, 7) is 2.53. The van der Waals surface area contributed by atoms with E-state index in [1.54, 1.807) is 7.11 Å². The van der Waals surface area contributed by atoms with Crippen molar-refractivity contribution in [3.8, 4) is 5.75 Å². The predicted octanol–water partition coefficient (Wildman–Crippen LogP) is 2.20. The molecule has 3 nitrogen and oxygen atoms in total. The highest BCUT2D eigenvalue weighted by Gasteiger charge is 2.07. The van der Waals surface area contributed by atoms with Gasteiger partial charge in [-0.05, 0) is 46.5 Å². The quantitative estimate of drug-likeness (QED) is 0.844. The Balaban J connectivity index is 2.96. The van der Waals surface area contributed by atoms with Crippen LogP contribution in [0.4, 0.5) is 0 Å². The van der Waals surface area contributed by atoms with E-state index in [1.165, 1.54) is 0 Å². The van der Waals surface area contributed by atoms with Crippen LogP contribution in [0.2, 0.25) is 0 Å². The highest BCUT2D eigenvalue weighted by molar-refractivity contribution is 9.10. The largest absolute Gasteiger partial charge is 0.496 e. The molecule has 78 valence electrons. The van der Waals surface area contributed by atoms with Gasteiger partial charge < -0.3 is 9.57 Å². The molecule has 4 heteroatoms. The number of hydrogen-bond acceptors (Lipinski definition) is 3. The van der Waals surface area contributed by atoms with Gasteiger partial charge in [-0.1, -0.05) is 6.07 Å². The second-order valence-electron chi connectivity index (χ2n) is 3.06. The van der Waals surface area contributed by atoms with Gasteiger partial charge in [0, 0.05) is 0 Å². The van der Waals surface area contributed by atoms with E-state index >= 15 is 0 Å². The number of halogens is 1. The number of methoxy groups -OCH3 is 1. The Bertz CT molecular complexity index is 315. The molecule has 0 unspecified atom stereocenters. The monoisotopic (exact) mass is 259 g/mol. The summed E-state index contributed by atoms with van der Waals surface area (Å²) < 4.78 is 6.20. The lowest BCUT2D eigenvalue weighted by molar-refractivity contribution is 0.141. The molecule has 0 spiro atoms. The molecule has 0 aromatic heterocycles. The third kappa shape index (κ3) is 2.70. The minimum Gasteiger partial charge on any atom is -0.496 e. The lowest BCUT2D eigenvalue weighted by Crippen LogP contribution is -2.04. The summed E-state index contributed by atoms with van der Waals surface area (Å²) in [6, 6.07) is 4.07. The molecule has 0 aliphatic rings. The molecule has 1 rings (SSSR count). The van der Waals surface area contributed by atoms with Crippen molar-refractivity contribution in [2.45, 2.75) is 13.3 Å². The smallest absolute Gasteiger partial charge is 0.133 e. The van der Waals surface area contributed by atoms with Crippen molar-refractivity contribution < 1.29 is 9.57 Å². The van der Waals surface area contributed by atoms with Gasteiger partial charge in [0.15, 0.2) is 0 Å². The highest BCUT2D eigenvalue weighted by atomic mass is 79.9. The zero-order chi connectivity index (χ0) is 10.6. The standard InChI is InChI=1S/C10H14BrNO2/c1-7-5-8(3-4-14-12)10(11)9(6-7)13-2/h5-6H,3-4,12H2,1-2H3. The molecule has 1 aromatic rings. The van der Waals surface area contributed by atoms with Crippen molar-refractivity contribution in [1.29, 1.82) is 0 Å². The van der Waals surface area contributed by atoms with Gasteiger partial charge in [0.1, 0.15) is 5.75 Å². The molecule has 0 radical (unpaired) electrons. The number of aryl methyl sites for hydroxylation is 1. The SMILES string of the molecule is COc1cc(C)cc(CCON)c1Br. The summed E-state index contributed by atoms with van der Waals surface area (Å²) in [4.78, 5) is 4.55. The summed E-state index contributed by atoms with van der Waals surface area (Å²) in [5.41, 5.74) is 2.31. The fourth-order valence-corrected chi connectivity index (χ4v) is 1.90. The normalized spacial score (nSPS) is 10.3. The van der Waals surface area contributed by atoms with Gasteiger partial charge in [-0.2, -0.15) is 0 Å². The van der Waals surface area contributed by atoms with Gasteiger partial charge in [0.2, 0.25) is 0 Å². The van der Waals surface area contributed by atoms with Crippen LogP contribution in [-0.2, 0) is 11.3 Å². The lowest BCUT2D eigenvalue weighted by atomic mass is 10.1. The second kappa shape index (κ2) is 5.34. The van der Waals surface area contributed by atoms with Crippen molar-refractivity contribution in [1.82, 2.24) is 0 Å². The van der Waals surface area contributed by atoms with E-state index < -0.39 is 0 Å². The van der Waals surface area contributed by atoms with Crippen molar-refractivity contribution >= 4 is 15.9 Å². The molecule has 0 heterocycles. The molecule has 0 fully saturated rings. The molecule has 0 aliphatic heterocycles. The van der Waals surface area contributed by atoms with Crippen LogP contribution in [0.25, 0.3) is 0 Å². The minimum atomic E-state index is 0.505. The van der Waals surface area contributed by atoms with Gasteiger partial charge >= 0.3 is 0 Å². The molecule has 0 bridgehead atoms. The summed E-state index contributed by atoms with van der Waals surface area (Å²) in [5, 5.41) is 0. The Labute approximate surface area is 92.3 Å². The highest BCUT2D eigenvalue weighted by Crippen LogP contribution is 2.30. The Hall–Kier alpha value is -0.580. The Kier molecular flexibility index (Phi) is 4.38. The van der Waals surface area contributed by atoms with Crippen LogP contribution >= 0.6 is 15.9 Å². The fraction of sp³-hybridized carbons (Fsp3) is 0.400. The zero-order valence-electron chi connectivity index (χ0n) is 8.34. The predicted molar refractivity (Wildman–Crippen MR) is 59.3 cm³/mol. The summed E-state index contributed by atoms with van der Waals surface area (Å²) in [5.74, 6) is 5.83. The first-order valence-corrected chi connectivity index (χ1v) is 5.13. The zero-order valence-corrected chi connectivity index (χ0v) is 9.93. The number of rotatable bonds is 4. The number of ether oxygens (including phenoxy) is 1. The van der Waals surface area contributed by atoms with Crippen LogP contribution in [-0.4, -0.2) is 13.7 Å². The van der Waals surface area contributed by atoms with E-state index in [-0.39, 0.29) is 0 Å². The van der Waals surface area contributed by atoms with E-state index in [1.807, 2.05) is 13.0 Å². The van der Waals surface area contributed by atoms with Crippen molar-refractivity contribution in [3.05, 3.63) is 27.7 Å². The molecule has 14 heavy (non-hydrogen) atoms. The molecule has 0 atom stereocenters. The second-order valence-corrected chi connectivity index (χ2v) is 3.85. The molecular formula is C10H14BrNO2. The first-order chi connectivity index (χ1) is 6.69. The van der Waals surface area contributed by atoms with Gasteiger partial charge in [-0.3, -0.25) is 0 Å². The molecule has 0 amide bonds. The first kappa shape index (κ1) is 11.5. The first-order valence-electron chi connectivity index (χ1n) is 4.33. The van der Waals surface area contributed by atoms with Crippen molar-refractivity contribution in [3.63, 3.8) is 0 Å². The molecule has 0 saturated carbocycles. The van der Waals surface area contributed by atoms with E-state index in [0.29, 0.717) is 6.61 Å². The number of benzene rings is 1. The van der Waals surface area contributed by atoms with Crippen LogP contribution in [0.3, 0.4) is 0 Å². The maximum Gasteiger partial charge on any atom is 0.133 e. The summed E-state index contributed by atoms with van der Waals surface area (Å²) in [6.07, 6.45) is 0.773. The van der Waals surface area contributed by atoms with Gasteiger partial charge in [-0.15, -0.1) is 0 Å². The van der Waals surface area contributed by atoms with Crippen molar-refractivity contribution in [2.75, 3.05) is 13.7 Å². The third-order valence-corrected chi connectivity index (χ3v) is 2.87. The van der Waals surface area contributed by atoms with Crippen molar-refractivity contribution in [2.24, 2.45) is 5.90 Å². The van der Waals surface area contributed by atoms with Crippen LogP contribution in [0.15, 0.2) is 16.6 Å². The van der Waals surface area contributed by atoms with Gasteiger partial charge in [0.25, 0.3) is 0 Å². The van der Waals surface area contributed by atoms with Gasteiger partial charge in [0.05, 0.1) is 18.2 Å². The van der Waals surface area contributed by atoms with Gasteiger partial charge in [-0.25, -0.2) is 5.90 Å². The van der Waals surface area contributed by atoms with Crippen LogP contribution in [0, 0.1) is 6.92 Å². The minimum absolute atomic E-state index is 0.505. The molecule has 0 saturated heterocycles. The molecular weight excluding hydrogens is 246 g/mol. The van der Waals surface area contributed by atoms with Crippen LogP contribution in [0.1, 0.15) is 11.1 Å². The Morgan fingerprint density at radius 1 is 1.43 bits per heavy atom. The molecule has 1 aromatic carbocycles. The van der Waals surface area contributed by atoms with E-state index in [9.17, 15) is 0 Å².